The molecule has 22 heavy (non-hydrogen) atoms. The quantitative estimate of drug-likeness (QED) is 0.608. The van der Waals surface area contributed by atoms with E-state index in [0.29, 0.717) is 0 Å². The molecule has 1 aromatic carbocycles. The monoisotopic (exact) mass is 309 g/mol. The zero-order valence-corrected chi connectivity index (χ0v) is 13.1. The van der Waals surface area contributed by atoms with Crippen LogP contribution >= 0.6 is 0 Å². The van der Waals surface area contributed by atoms with Gasteiger partial charge >= 0.3 is 11.9 Å². The van der Waals surface area contributed by atoms with Crippen LogP contribution in [0.1, 0.15) is 32.8 Å². The first kappa shape index (κ1) is 18.1. The Bertz CT molecular complexity index is 493. The van der Waals surface area contributed by atoms with E-state index >= 15 is 0 Å². The molecule has 0 aliphatic rings. The largest absolute Gasteiger partial charge is 0.461 e. The van der Waals surface area contributed by atoms with E-state index in [1.54, 1.807) is 20.8 Å². The lowest BCUT2D eigenvalue weighted by molar-refractivity contribution is -0.168. The number of hydrogen-bond acceptors (Lipinski definition) is 6. The first-order valence-corrected chi connectivity index (χ1v) is 7.05. The first-order valence-electron chi connectivity index (χ1n) is 7.05. The van der Waals surface area contributed by atoms with E-state index in [0.717, 1.165) is 5.56 Å². The highest BCUT2D eigenvalue weighted by molar-refractivity contribution is 5.80. The second kappa shape index (κ2) is 7.91. The molecule has 122 valence electrons. The highest BCUT2D eigenvalue weighted by Crippen LogP contribution is 2.16. The van der Waals surface area contributed by atoms with Gasteiger partial charge in [0.1, 0.15) is 24.4 Å². The summed E-state index contributed by atoms with van der Waals surface area (Å²) in [7, 11) is 0. The van der Waals surface area contributed by atoms with E-state index in [9.17, 15) is 14.7 Å². The van der Waals surface area contributed by atoms with Crippen molar-refractivity contribution in [2.45, 2.75) is 45.6 Å². The van der Waals surface area contributed by atoms with Gasteiger partial charge in [-0.3, -0.25) is 9.59 Å². The van der Waals surface area contributed by atoms with Crippen molar-refractivity contribution in [3.8, 4) is 0 Å². The molecule has 0 radical (unpaired) electrons. The topological polar surface area (TPSA) is 98.9 Å². The molecule has 2 atom stereocenters. The second-order valence-corrected chi connectivity index (χ2v) is 5.98. The van der Waals surface area contributed by atoms with Crippen molar-refractivity contribution in [1.82, 2.24) is 0 Å². The lowest BCUT2D eigenvalue weighted by atomic mass is 10.0. The highest BCUT2D eigenvalue weighted by atomic mass is 16.6. The number of carbonyl (C=O) groups excluding carboxylic acids is 2. The number of nitrogens with two attached hydrogens (primary N) is 1. The number of rotatable bonds is 6. The Morgan fingerprint density at radius 2 is 1.82 bits per heavy atom. The van der Waals surface area contributed by atoms with Crippen LogP contribution in [0.4, 0.5) is 0 Å². The van der Waals surface area contributed by atoms with Crippen LogP contribution < -0.4 is 5.73 Å². The van der Waals surface area contributed by atoms with Gasteiger partial charge < -0.3 is 20.3 Å². The highest BCUT2D eigenvalue weighted by Gasteiger charge is 2.32. The molecule has 1 rings (SSSR count). The third-order valence-electron chi connectivity index (χ3n) is 2.75. The normalized spacial score (nSPS) is 14.0. The number of esters is 2. The molecule has 2 unspecified atom stereocenters. The Kier molecular flexibility index (Phi) is 6.52. The number of aliphatic hydroxyl groups is 1. The van der Waals surface area contributed by atoms with Gasteiger partial charge in [0.15, 0.2) is 0 Å². The lowest BCUT2D eigenvalue weighted by Gasteiger charge is -2.24. The summed E-state index contributed by atoms with van der Waals surface area (Å²) in [6, 6.07) is 9.15. The average molecular weight is 309 g/mol. The van der Waals surface area contributed by atoms with Gasteiger partial charge in [-0.05, 0) is 26.3 Å². The molecule has 1 aromatic rings. The van der Waals surface area contributed by atoms with Gasteiger partial charge in [0.05, 0.1) is 6.42 Å². The summed E-state index contributed by atoms with van der Waals surface area (Å²) in [5.41, 5.74) is 5.47. The predicted molar refractivity (Wildman–Crippen MR) is 80.4 cm³/mol. The summed E-state index contributed by atoms with van der Waals surface area (Å²) < 4.78 is 10.2. The average Bonchev–Trinajstić information content (AvgIpc) is 2.41. The molecule has 0 heterocycles. The van der Waals surface area contributed by atoms with Crippen LogP contribution in [0, 0.1) is 5.92 Å². The van der Waals surface area contributed by atoms with Gasteiger partial charge in [0.2, 0.25) is 0 Å². The number of ether oxygens (including phenoxy) is 2. The Morgan fingerprint density at radius 3 is 2.32 bits per heavy atom. The van der Waals surface area contributed by atoms with Gasteiger partial charge in [0.25, 0.3) is 0 Å². The Balaban J connectivity index is 2.55. The molecule has 6 nitrogen and oxygen atoms in total. The van der Waals surface area contributed by atoms with Crippen LogP contribution in [0.5, 0.6) is 0 Å². The van der Waals surface area contributed by atoms with Crippen LogP contribution in [0.25, 0.3) is 0 Å². The standard InChI is InChI=1S/C16H23NO5/c1-16(2,3)22-15(20)12(14(17)19)9-13(18)21-10-11-7-5-4-6-8-11/h4-8,12,14,19H,9-10,17H2,1-3H3. The number of hydrogen-bond donors (Lipinski definition) is 2. The zero-order valence-electron chi connectivity index (χ0n) is 13.1. The summed E-state index contributed by atoms with van der Waals surface area (Å²) in [4.78, 5) is 23.7. The molecule has 0 fully saturated rings. The summed E-state index contributed by atoms with van der Waals surface area (Å²) in [5.74, 6) is -2.49. The van der Waals surface area contributed by atoms with Crippen molar-refractivity contribution in [2.24, 2.45) is 11.7 Å². The number of aliphatic hydroxyl groups excluding tert-OH is 1. The first-order chi connectivity index (χ1) is 10.2. The third-order valence-corrected chi connectivity index (χ3v) is 2.75. The van der Waals surface area contributed by atoms with Gasteiger partial charge in [-0.1, -0.05) is 30.3 Å². The van der Waals surface area contributed by atoms with Crippen molar-refractivity contribution in [2.75, 3.05) is 0 Å². The van der Waals surface area contributed by atoms with E-state index in [1.807, 2.05) is 30.3 Å². The molecule has 0 saturated heterocycles. The molecule has 0 amide bonds. The molecular weight excluding hydrogens is 286 g/mol. The van der Waals surface area contributed by atoms with Crippen LogP contribution in [-0.2, 0) is 25.7 Å². The van der Waals surface area contributed by atoms with Crippen molar-refractivity contribution in [3.05, 3.63) is 35.9 Å². The third kappa shape index (κ3) is 6.69. The molecule has 0 spiro atoms. The molecule has 0 aliphatic carbocycles. The predicted octanol–water partition coefficient (Wildman–Crippen LogP) is 1.35. The van der Waals surface area contributed by atoms with Crippen LogP contribution in [0.3, 0.4) is 0 Å². The smallest absolute Gasteiger partial charge is 0.314 e. The fourth-order valence-corrected chi connectivity index (χ4v) is 1.70. The maximum Gasteiger partial charge on any atom is 0.314 e. The number of benzene rings is 1. The van der Waals surface area contributed by atoms with E-state index in [1.165, 1.54) is 0 Å². The van der Waals surface area contributed by atoms with Gasteiger partial charge in [-0.25, -0.2) is 0 Å². The maximum atomic E-state index is 11.9. The SMILES string of the molecule is CC(C)(C)OC(=O)C(CC(=O)OCc1ccccc1)C(N)O. The second-order valence-electron chi connectivity index (χ2n) is 5.98. The Labute approximate surface area is 130 Å². The molecule has 6 heteroatoms. The minimum atomic E-state index is -1.49. The minimum absolute atomic E-state index is 0.0986. The Hall–Kier alpha value is -1.92. The maximum absolute atomic E-state index is 11.9. The van der Waals surface area contributed by atoms with Gasteiger partial charge in [-0.2, -0.15) is 0 Å². The van der Waals surface area contributed by atoms with Crippen molar-refractivity contribution in [3.63, 3.8) is 0 Å². The molecular formula is C16H23NO5. The van der Waals surface area contributed by atoms with Crippen LogP contribution in [0.15, 0.2) is 30.3 Å². The fraction of sp³-hybridized carbons (Fsp3) is 0.500. The molecule has 0 aliphatic heterocycles. The summed E-state index contributed by atoms with van der Waals surface area (Å²) in [6.45, 7) is 5.18. The van der Waals surface area contributed by atoms with Crippen LogP contribution in [-0.4, -0.2) is 28.9 Å². The zero-order chi connectivity index (χ0) is 16.8. The number of carbonyl (C=O) groups is 2. The van der Waals surface area contributed by atoms with Crippen LogP contribution in [0.2, 0.25) is 0 Å². The summed E-state index contributed by atoms with van der Waals surface area (Å²) in [6.07, 6.45) is -1.82. The van der Waals surface area contributed by atoms with E-state index in [4.69, 9.17) is 15.2 Å². The Morgan fingerprint density at radius 1 is 1.23 bits per heavy atom. The molecule has 0 saturated carbocycles. The molecule has 3 N–H and O–H groups in total. The van der Waals surface area contributed by atoms with E-state index < -0.39 is 29.7 Å². The fourth-order valence-electron chi connectivity index (χ4n) is 1.70. The van der Waals surface area contributed by atoms with E-state index in [-0.39, 0.29) is 13.0 Å². The van der Waals surface area contributed by atoms with E-state index in [2.05, 4.69) is 0 Å². The minimum Gasteiger partial charge on any atom is -0.461 e. The summed E-state index contributed by atoms with van der Waals surface area (Å²) >= 11 is 0. The van der Waals surface area contributed by atoms with Gasteiger partial charge in [-0.15, -0.1) is 0 Å². The summed E-state index contributed by atoms with van der Waals surface area (Å²) in [5, 5.41) is 9.48. The van der Waals surface area contributed by atoms with Crippen molar-refractivity contribution in [1.29, 1.82) is 0 Å². The lowest BCUT2D eigenvalue weighted by Crippen LogP contribution is -2.40. The molecule has 0 aromatic heterocycles. The van der Waals surface area contributed by atoms with Crippen molar-refractivity contribution < 1.29 is 24.2 Å². The van der Waals surface area contributed by atoms with Gasteiger partial charge in [0, 0.05) is 0 Å². The molecule has 0 bridgehead atoms. The van der Waals surface area contributed by atoms with Crippen molar-refractivity contribution >= 4 is 11.9 Å².